The quantitative estimate of drug-likeness (QED) is 0.722. The standard InChI is InChI=1S/C15H26O2/c1-15(2,3)13-6-4-5-12(11-13)7-8-14-16-9-10-17-14/h9-10,12-14H,4-8,11H2,1-3H3. The van der Waals surface area contributed by atoms with E-state index in [1.165, 1.54) is 32.1 Å². The fourth-order valence-electron chi connectivity index (χ4n) is 3.12. The van der Waals surface area contributed by atoms with Crippen LogP contribution in [-0.2, 0) is 9.47 Å². The summed E-state index contributed by atoms with van der Waals surface area (Å²) in [6.07, 6.45) is 11.2. The predicted molar refractivity (Wildman–Crippen MR) is 69.2 cm³/mol. The molecule has 2 heteroatoms. The van der Waals surface area contributed by atoms with Crippen LogP contribution < -0.4 is 0 Å². The summed E-state index contributed by atoms with van der Waals surface area (Å²) in [6.45, 7) is 7.15. The van der Waals surface area contributed by atoms with Crippen LogP contribution in [-0.4, -0.2) is 6.29 Å². The van der Waals surface area contributed by atoms with Crippen molar-refractivity contribution in [2.75, 3.05) is 0 Å². The van der Waals surface area contributed by atoms with Gasteiger partial charge in [-0.05, 0) is 36.5 Å². The first-order valence-electron chi connectivity index (χ1n) is 7.01. The molecule has 0 aromatic rings. The van der Waals surface area contributed by atoms with Gasteiger partial charge in [0.1, 0.15) is 12.5 Å². The molecule has 2 atom stereocenters. The van der Waals surface area contributed by atoms with Crippen LogP contribution in [0.3, 0.4) is 0 Å². The molecule has 1 heterocycles. The highest BCUT2D eigenvalue weighted by Gasteiger charge is 2.30. The summed E-state index contributed by atoms with van der Waals surface area (Å²) < 4.78 is 10.7. The van der Waals surface area contributed by atoms with Gasteiger partial charge >= 0.3 is 0 Å². The van der Waals surface area contributed by atoms with E-state index in [0.29, 0.717) is 5.41 Å². The maximum atomic E-state index is 5.34. The van der Waals surface area contributed by atoms with Crippen molar-refractivity contribution in [2.24, 2.45) is 17.3 Å². The third kappa shape index (κ3) is 3.65. The van der Waals surface area contributed by atoms with Crippen molar-refractivity contribution >= 4 is 0 Å². The Hall–Kier alpha value is -0.660. The summed E-state index contributed by atoms with van der Waals surface area (Å²) in [5, 5.41) is 0. The zero-order chi connectivity index (χ0) is 12.3. The predicted octanol–water partition coefficient (Wildman–Crippen LogP) is 4.46. The monoisotopic (exact) mass is 238 g/mol. The van der Waals surface area contributed by atoms with Crippen LogP contribution >= 0.6 is 0 Å². The Morgan fingerprint density at radius 2 is 1.76 bits per heavy atom. The molecule has 0 amide bonds. The molecule has 2 unspecified atom stereocenters. The summed E-state index contributed by atoms with van der Waals surface area (Å²) in [4.78, 5) is 0. The van der Waals surface area contributed by atoms with Gasteiger partial charge in [0.15, 0.2) is 0 Å². The van der Waals surface area contributed by atoms with E-state index in [9.17, 15) is 0 Å². The summed E-state index contributed by atoms with van der Waals surface area (Å²) in [7, 11) is 0. The summed E-state index contributed by atoms with van der Waals surface area (Å²) in [5.74, 6) is 1.77. The first-order valence-corrected chi connectivity index (χ1v) is 7.01. The van der Waals surface area contributed by atoms with Crippen LogP contribution in [0, 0.1) is 17.3 Å². The van der Waals surface area contributed by atoms with Crippen LogP contribution in [0.2, 0.25) is 0 Å². The van der Waals surface area contributed by atoms with E-state index in [1.54, 1.807) is 12.5 Å². The Morgan fingerprint density at radius 1 is 1.06 bits per heavy atom. The molecule has 2 nitrogen and oxygen atoms in total. The third-order valence-electron chi connectivity index (χ3n) is 4.33. The van der Waals surface area contributed by atoms with Gasteiger partial charge in [-0.1, -0.05) is 33.6 Å². The van der Waals surface area contributed by atoms with Crippen molar-refractivity contribution in [2.45, 2.75) is 65.6 Å². The van der Waals surface area contributed by atoms with Gasteiger partial charge < -0.3 is 9.47 Å². The molecule has 2 rings (SSSR count). The van der Waals surface area contributed by atoms with Gasteiger partial charge in [-0.25, -0.2) is 0 Å². The van der Waals surface area contributed by atoms with Crippen molar-refractivity contribution in [3.05, 3.63) is 12.5 Å². The molecule has 0 radical (unpaired) electrons. The number of hydrogen-bond acceptors (Lipinski definition) is 2. The Labute approximate surface area is 105 Å². The number of rotatable bonds is 3. The zero-order valence-electron chi connectivity index (χ0n) is 11.4. The van der Waals surface area contributed by atoms with Crippen molar-refractivity contribution in [1.82, 2.24) is 0 Å². The lowest BCUT2D eigenvalue weighted by Gasteiger charge is -2.38. The van der Waals surface area contributed by atoms with Crippen LogP contribution in [0.15, 0.2) is 12.5 Å². The second kappa shape index (κ2) is 5.32. The fraction of sp³-hybridized carbons (Fsp3) is 0.867. The van der Waals surface area contributed by atoms with E-state index < -0.39 is 0 Å². The molecule has 0 bridgehead atoms. The molecule has 1 saturated carbocycles. The van der Waals surface area contributed by atoms with Gasteiger partial charge in [0.05, 0.1) is 0 Å². The molecule has 0 aromatic heterocycles. The van der Waals surface area contributed by atoms with Gasteiger partial charge in [-0.2, -0.15) is 0 Å². The first kappa shape index (κ1) is 12.8. The van der Waals surface area contributed by atoms with E-state index in [1.807, 2.05) is 0 Å². The molecular weight excluding hydrogens is 212 g/mol. The maximum absolute atomic E-state index is 5.34. The minimum Gasteiger partial charge on any atom is -0.459 e. The molecule has 0 N–H and O–H groups in total. The molecule has 1 aliphatic heterocycles. The molecular formula is C15H26O2. The molecule has 1 aliphatic carbocycles. The normalized spacial score (nSPS) is 30.1. The van der Waals surface area contributed by atoms with Gasteiger partial charge in [-0.15, -0.1) is 0 Å². The Morgan fingerprint density at radius 3 is 2.41 bits per heavy atom. The fourth-order valence-corrected chi connectivity index (χ4v) is 3.12. The summed E-state index contributed by atoms with van der Waals surface area (Å²) in [5.41, 5.74) is 0.473. The highest BCUT2D eigenvalue weighted by atomic mass is 16.7. The van der Waals surface area contributed by atoms with Crippen LogP contribution in [0.25, 0.3) is 0 Å². The van der Waals surface area contributed by atoms with Crippen molar-refractivity contribution < 1.29 is 9.47 Å². The van der Waals surface area contributed by atoms with Crippen LogP contribution in [0.1, 0.15) is 59.3 Å². The molecule has 0 saturated heterocycles. The van der Waals surface area contributed by atoms with Gasteiger partial charge in [-0.3, -0.25) is 0 Å². The van der Waals surface area contributed by atoms with Gasteiger partial charge in [0, 0.05) is 6.42 Å². The largest absolute Gasteiger partial charge is 0.459 e. The topological polar surface area (TPSA) is 18.5 Å². The highest BCUT2D eigenvalue weighted by Crippen LogP contribution is 2.41. The van der Waals surface area contributed by atoms with Crippen LogP contribution in [0.4, 0.5) is 0 Å². The number of ether oxygens (including phenoxy) is 2. The Kier molecular flexibility index (Phi) is 4.01. The smallest absolute Gasteiger partial charge is 0.239 e. The molecule has 0 aromatic carbocycles. The lowest BCUT2D eigenvalue weighted by molar-refractivity contribution is -0.0341. The van der Waals surface area contributed by atoms with Gasteiger partial charge in [0.25, 0.3) is 0 Å². The van der Waals surface area contributed by atoms with Crippen molar-refractivity contribution in [1.29, 1.82) is 0 Å². The van der Waals surface area contributed by atoms with E-state index >= 15 is 0 Å². The lowest BCUT2D eigenvalue weighted by atomic mass is 9.68. The summed E-state index contributed by atoms with van der Waals surface area (Å²) >= 11 is 0. The average Bonchev–Trinajstić information content (AvgIpc) is 2.78. The zero-order valence-corrected chi connectivity index (χ0v) is 11.4. The summed E-state index contributed by atoms with van der Waals surface area (Å²) in [6, 6.07) is 0. The molecule has 2 aliphatic rings. The Balaban J connectivity index is 1.73. The lowest BCUT2D eigenvalue weighted by Crippen LogP contribution is -2.27. The first-order chi connectivity index (χ1) is 8.05. The second-order valence-corrected chi connectivity index (χ2v) is 6.65. The second-order valence-electron chi connectivity index (χ2n) is 6.65. The molecule has 1 fully saturated rings. The van der Waals surface area contributed by atoms with Gasteiger partial charge in [0.2, 0.25) is 6.29 Å². The van der Waals surface area contributed by atoms with E-state index in [-0.39, 0.29) is 6.29 Å². The SMILES string of the molecule is CC(C)(C)C1CCCC(CCC2OC=CO2)C1. The van der Waals surface area contributed by atoms with Crippen LogP contribution in [0.5, 0.6) is 0 Å². The highest BCUT2D eigenvalue weighted by molar-refractivity contribution is 4.82. The molecule has 0 spiro atoms. The van der Waals surface area contributed by atoms with E-state index in [0.717, 1.165) is 18.3 Å². The van der Waals surface area contributed by atoms with E-state index in [2.05, 4.69) is 20.8 Å². The third-order valence-corrected chi connectivity index (χ3v) is 4.33. The van der Waals surface area contributed by atoms with Crippen molar-refractivity contribution in [3.63, 3.8) is 0 Å². The average molecular weight is 238 g/mol. The van der Waals surface area contributed by atoms with E-state index in [4.69, 9.17) is 9.47 Å². The molecule has 98 valence electrons. The minimum absolute atomic E-state index is 0.00925. The maximum Gasteiger partial charge on any atom is 0.239 e. The molecule has 17 heavy (non-hydrogen) atoms. The number of hydrogen-bond donors (Lipinski definition) is 0. The Bertz CT molecular complexity index is 257. The van der Waals surface area contributed by atoms with Crippen molar-refractivity contribution in [3.8, 4) is 0 Å². The minimum atomic E-state index is -0.00925.